The molecule has 0 saturated carbocycles. The molecule has 4 rings (SSSR count). The highest BCUT2D eigenvalue weighted by atomic mass is 79.9. The van der Waals surface area contributed by atoms with Crippen molar-refractivity contribution in [2.75, 3.05) is 25.4 Å². The molecule has 0 unspecified atom stereocenters. The largest absolute Gasteiger partial charge is 0.339 e. The molecule has 1 aliphatic rings. The van der Waals surface area contributed by atoms with Crippen LogP contribution in [0.2, 0.25) is 0 Å². The van der Waals surface area contributed by atoms with Crippen LogP contribution in [0.4, 0.5) is 0 Å². The summed E-state index contributed by atoms with van der Waals surface area (Å²) in [6.07, 6.45) is 3.43. The summed E-state index contributed by atoms with van der Waals surface area (Å²) in [5.41, 5.74) is 0.693. The van der Waals surface area contributed by atoms with E-state index in [-0.39, 0.29) is 11.7 Å². The van der Waals surface area contributed by atoms with Crippen molar-refractivity contribution in [2.24, 2.45) is 0 Å². The van der Waals surface area contributed by atoms with Gasteiger partial charge in [0.25, 0.3) is 0 Å². The van der Waals surface area contributed by atoms with Crippen molar-refractivity contribution in [2.45, 2.75) is 23.7 Å². The van der Waals surface area contributed by atoms with Crippen LogP contribution in [-0.4, -0.2) is 53.8 Å². The fourth-order valence-electron chi connectivity index (χ4n) is 3.41. The van der Waals surface area contributed by atoms with E-state index < -0.39 is 9.84 Å². The summed E-state index contributed by atoms with van der Waals surface area (Å²) in [5.74, 6) is 1.44. The van der Waals surface area contributed by atoms with Gasteiger partial charge in [-0.3, -0.25) is 4.98 Å². The van der Waals surface area contributed by atoms with Crippen molar-refractivity contribution >= 4 is 25.8 Å². The third kappa shape index (κ3) is 4.91. The predicted octanol–water partition coefficient (Wildman–Crippen LogP) is 3.55. The van der Waals surface area contributed by atoms with E-state index in [1.807, 2.05) is 18.2 Å². The Kier molecular flexibility index (Phi) is 6.07. The van der Waals surface area contributed by atoms with Gasteiger partial charge in [0, 0.05) is 23.1 Å². The summed E-state index contributed by atoms with van der Waals surface area (Å²) >= 11 is 3.33. The average molecular weight is 477 g/mol. The first-order valence-corrected chi connectivity index (χ1v) is 11.9. The van der Waals surface area contributed by atoms with Gasteiger partial charge in [0.2, 0.25) is 11.7 Å². The van der Waals surface area contributed by atoms with Gasteiger partial charge in [-0.05, 0) is 62.3 Å². The normalized spacial score (nSPS) is 16.2. The molecule has 0 atom stereocenters. The number of aromatic nitrogens is 3. The highest BCUT2D eigenvalue weighted by Gasteiger charge is 2.26. The van der Waals surface area contributed by atoms with Crippen molar-refractivity contribution < 1.29 is 12.9 Å². The van der Waals surface area contributed by atoms with Gasteiger partial charge in [-0.2, -0.15) is 4.98 Å². The van der Waals surface area contributed by atoms with E-state index in [2.05, 4.69) is 36.0 Å². The lowest BCUT2D eigenvalue weighted by Crippen LogP contribution is -2.36. The highest BCUT2D eigenvalue weighted by Crippen LogP contribution is 2.28. The van der Waals surface area contributed by atoms with Gasteiger partial charge >= 0.3 is 0 Å². The van der Waals surface area contributed by atoms with E-state index in [1.54, 1.807) is 30.5 Å². The van der Waals surface area contributed by atoms with Crippen molar-refractivity contribution in [3.05, 3.63) is 59.0 Å². The van der Waals surface area contributed by atoms with Gasteiger partial charge in [-0.15, -0.1) is 0 Å². The number of likely N-dealkylation sites (tertiary alicyclic amines) is 1. The molecule has 1 aliphatic heterocycles. The Bertz CT molecular complexity index is 1050. The number of hydrogen-bond donors (Lipinski definition) is 0. The second kappa shape index (κ2) is 8.73. The van der Waals surface area contributed by atoms with Crippen LogP contribution in [0, 0.1) is 0 Å². The van der Waals surface area contributed by atoms with Crippen molar-refractivity contribution in [1.29, 1.82) is 0 Å². The number of nitrogens with zero attached hydrogens (tertiary/aromatic N) is 4. The van der Waals surface area contributed by atoms with Crippen LogP contribution in [0.5, 0.6) is 0 Å². The third-order valence-corrected chi connectivity index (χ3v) is 7.36. The first kappa shape index (κ1) is 20.2. The molecule has 3 aromatic rings. The Balaban J connectivity index is 1.31. The zero-order valence-electron chi connectivity index (χ0n) is 15.7. The first-order chi connectivity index (χ1) is 14.0. The first-order valence-electron chi connectivity index (χ1n) is 9.47. The second-order valence-electron chi connectivity index (χ2n) is 7.06. The zero-order valence-corrected chi connectivity index (χ0v) is 18.1. The van der Waals surface area contributed by atoms with E-state index in [4.69, 9.17) is 4.52 Å². The minimum Gasteiger partial charge on any atom is -0.339 e. The van der Waals surface area contributed by atoms with E-state index in [0.29, 0.717) is 28.8 Å². The van der Waals surface area contributed by atoms with E-state index in [9.17, 15) is 8.42 Å². The third-order valence-electron chi connectivity index (χ3n) is 5.12. The molecule has 2 aromatic heterocycles. The van der Waals surface area contributed by atoms with Crippen LogP contribution < -0.4 is 0 Å². The predicted molar refractivity (Wildman–Crippen MR) is 112 cm³/mol. The van der Waals surface area contributed by atoms with Crippen molar-refractivity contribution in [3.8, 4) is 11.5 Å². The van der Waals surface area contributed by atoms with Gasteiger partial charge in [-0.25, -0.2) is 8.42 Å². The molecule has 7 nitrogen and oxygen atoms in total. The molecule has 9 heteroatoms. The number of piperidine rings is 1. The zero-order chi connectivity index (χ0) is 20.3. The van der Waals surface area contributed by atoms with Crippen LogP contribution >= 0.6 is 15.9 Å². The van der Waals surface area contributed by atoms with E-state index in [1.165, 1.54) is 0 Å². The lowest BCUT2D eigenvalue weighted by Gasteiger charge is -2.30. The summed E-state index contributed by atoms with van der Waals surface area (Å²) in [5, 5.41) is 4.04. The van der Waals surface area contributed by atoms with Crippen LogP contribution in [0.15, 0.2) is 62.6 Å². The Morgan fingerprint density at radius 2 is 1.86 bits per heavy atom. The van der Waals surface area contributed by atoms with Gasteiger partial charge in [0.05, 0.1) is 10.6 Å². The van der Waals surface area contributed by atoms with Crippen LogP contribution in [0.25, 0.3) is 11.5 Å². The van der Waals surface area contributed by atoms with Gasteiger partial charge in [-0.1, -0.05) is 27.2 Å². The number of pyridine rings is 1. The minimum atomic E-state index is -3.28. The summed E-state index contributed by atoms with van der Waals surface area (Å²) in [6.45, 7) is 2.14. The highest BCUT2D eigenvalue weighted by molar-refractivity contribution is 9.10. The fourth-order valence-corrected chi connectivity index (χ4v) is 4.96. The molecule has 0 aliphatic carbocycles. The summed E-state index contributed by atoms with van der Waals surface area (Å²) in [4.78, 5) is 11.3. The molecule has 1 aromatic carbocycles. The summed E-state index contributed by atoms with van der Waals surface area (Å²) < 4.78 is 31.4. The Morgan fingerprint density at radius 3 is 2.55 bits per heavy atom. The molecule has 1 saturated heterocycles. The van der Waals surface area contributed by atoms with Crippen LogP contribution in [-0.2, 0) is 9.84 Å². The van der Waals surface area contributed by atoms with Gasteiger partial charge in [0.1, 0.15) is 5.69 Å². The number of sulfone groups is 1. The van der Waals surface area contributed by atoms with Crippen LogP contribution in [0.3, 0.4) is 0 Å². The maximum Gasteiger partial charge on any atom is 0.230 e. The summed E-state index contributed by atoms with van der Waals surface area (Å²) in [7, 11) is -3.28. The van der Waals surface area contributed by atoms with E-state index in [0.717, 1.165) is 30.4 Å². The Morgan fingerprint density at radius 1 is 1.10 bits per heavy atom. The molecule has 3 heterocycles. The topological polar surface area (TPSA) is 89.2 Å². The molecule has 152 valence electrons. The molecule has 29 heavy (non-hydrogen) atoms. The molecular formula is C20H21BrN4O3S. The molecule has 0 amide bonds. The van der Waals surface area contributed by atoms with Crippen molar-refractivity contribution in [1.82, 2.24) is 20.0 Å². The molecular weight excluding hydrogens is 456 g/mol. The molecule has 0 spiro atoms. The second-order valence-corrected chi connectivity index (χ2v) is 10.1. The lowest BCUT2D eigenvalue weighted by atomic mass is 9.97. The number of halogens is 1. The lowest BCUT2D eigenvalue weighted by molar-refractivity contribution is 0.203. The van der Waals surface area contributed by atoms with Gasteiger partial charge in [0.15, 0.2) is 9.84 Å². The fraction of sp³-hybridized carbons (Fsp3) is 0.350. The van der Waals surface area contributed by atoms with E-state index >= 15 is 0 Å². The molecule has 0 N–H and O–H groups in total. The van der Waals surface area contributed by atoms with Crippen LogP contribution in [0.1, 0.15) is 24.7 Å². The number of benzene rings is 1. The molecule has 0 bridgehead atoms. The monoisotopic (exact) mass is 476 g/mol. The van der Waals surface area contributed by atoms with Crippen molar-refractivity contribution in [3.63, 3.8) is 0 Å². The smallest absolute Gasteiger partial charge is 0.230 e. The quantitative estimate of drug-likeness (QED) is 0.537. The maximum atomic E-state index is 12.5. The maximum absolute atomic E-state index is 12.5. The Labute approximate surface area is 178 Å². The molecule has 0 radical (unpaired) electrons. The summed E-state index contributed by atoms with van der Waals surface area (Å²) in [6, 6.07) is 12.4. The van der Waals surface area contributed by atoms with Gasteiger partial charge < -0.3 is 9.42 Å². The molecule has 1 fully saturated rings. The Hall–Kier alpha value is -2.10. The number of hydrogen-bond acceptors (Lipinski definition) is 7. The average Bonchev–Trinajstić information content (AvgIpc) is 3.24. The minimum absolute atomic E-state index is 0.115. The number of rotatable bonds is 6. The standard InChI is InChI=1S/C20H21BrN4O3S/c21-16-4-6-17(7-5-16)29(26,27)14-13-25-11-8-15(9-12-25)20-23-19(24-28-20)18-3-1-2-10-22-18/h1-7,10,15H,8-9,11-14H2. The SMILES string of the molecule is O=S(=O)(CCN1CCC(c2nc(-c3ccccn3)no2)CC1)c1ccc(Br)cc1.